The molecule has 0 saturated carbocycles. The van der Waals surface area contributed by atoms with Gasteiger partial charge in [-0.05, 0) is 6.07 Å². The molecule has 3 N–H and O–H groups in total. The van der Waals surface area contributed by atoms with Gasteiger partial charge in [0.15, 0.2) is 0 Å². The third-order valence-corrected chi connectivity index (χ3v) is 3.21. The average Bonchev–Trinajstić information content (AvgIpc) is 2.83. The molecule has 116 valence electrons. The predicted octanol–water partition coefficient (Wildman–Crippen LogP) is 1.83. The van der Waals surface area contributed by atoms with Crippen molar-refractivity contribution in [2.24, 2.45) is 5.10 Å². The van der Waals surface area contributed by atoms with Gasteiger partial charge in [0.1, 0.15) is 5.01 Å². The van der Waals surface area contributed by atoms with Crippen molar-refractivity contribution < 1.29 is 18.0 Å². The number of anilines is 1. The first-order valence-corrected chi connectivity index (χ1v) is 6.74. The van der Waals surface area contributed by atoms with Gasteiger partial charge in [0.05, 0.1) is 18.2 Å². The number of amides is 1. The summed E-state index contributed by atoms with van der Waals surface area (Å²) < 4.78 is 38.2. The van der Waals surface area contributed by atoms with E-state index in [0.29, 0.717) is 5.01 Å². The molecule has 1 amide bonds. The number of hydrogen-bond acceptors (Lipinski definition) is 6. The zero-order chi connectivity index (χ0) is 16.2. The van der Waals surface area contributed by atoms with E-state index in [9.17, 15) is 18.0 Å². The van der Waals surface area contributed by atoms with Crippen molar-refractivity contribution in [3.63, 3.8) is 0 Å². The van der Waals surface area contributed by atoms with Crippen LogP contribution in [0.5, 0.6) is 0 Å². The molecule has 22 heavy (non-hydrogen) atoms. The van der Waals surface area contributed by atoms with E-state index >= 15 is 0 Å². The fraction of sp³-hybridized carbons (Fsp3) is 0.167. The first-order valence-electron chi connectivity index (χ1n) is 5.92. The molecule has 0 bridgehead atoms. The van der Waals surface area contributed by atoms with Crippen molar-refractivity contribution in [2.75, 3.05) is 5.73 Å². The van der Waals surface area contributed by atoms with Gasteiger partial charge in [-0.3, -0.25) is 4.79 Å². The third kappa shape index (κ3) is 4.25. The Morgan fingerprint density at radius 3 is 2.73 bits per heavy atom. The maximum absolute atomic E-state index is 12.7. The number of carbonyl (C=O) groups is 1. The monoisotopic (exact) mass is 329 g/mol. The van der Waals surface area contributed by atoms with Crippen molar-refractivity contribution in [3.05, 3.63) is 40.4 Å². The molecule has 0 radical (unpaired) electrons. The van der Waals surface area contributed by atoms with E-state index < -0.39 is 17.6 Å². The Balaban J connectivity index is 1.99. The maximum atomic E-state index is 12.7. The van der Waals surface area contributed by atoms with Gasteiger partial charge in [-0.15, -0.1) is 10.2 Å². The van der Waals surface area contributed by atoms with E-state index in [1.807, 2.05) is 0 Å². The minimum absolute atomic E-state index is 0.104. The highest BCUT2D eigenvalue weighted by atomic mass is 32.1. The van der Waals surface area contributed by atoms with Crippen LogP contribution in [0, 0.1) is 0 Å². The van der Waals surface area contributed by atoms with Crippen LogP contribution < -0.4 is 11.2 Å². The summed E-state index contributed by atoms with van der Waals surface area (Å²) in [5, 5.41) is 11.3. The van der Waals surface area contributed by atoms with E-state index in [1.54, 1.807) is 0 Å². The topological polar surface area (TPSA) is 93.3 Å². The zero-order valence-electron chi connectivity index (χ0n) is 11.0. The lowest BCUT2D eigenvalue weighted by Gasteiger charge is -2.09. The lowest BCUT2D eigenvalue weighted by molar-refractivity contribution is -0.137. The molecule has 1 aromatic carbocycles. The smallest absolute Gasteiger partial charge is 0.374 e. The van der Waals surface area contributed by atoms with Gasteiger partial charge in [-0.1, -0.05) is 29.5 Å². The first kappa shape index (κ1) is 15.9. The third-order valence-electron chi connectivity index (χ3n) is 2.45. The second-order valence-electron chi connectivity index (χ2n) is 4.09. The summed E-state index contributed by atoms with van der Waals surface area (Å²) in [6, 6.07) is 4.91. The molecule has 0 spiro atoms. The van der Waals surface area contributed by atoms with Crippen molar-refractivity contribution in [2.45, 2.75) is 12.6 Å². The normalized spacial score (nSPS) is 11.8. The highest BCUT2D eigenvalue weighted by Crippen LogP contribution is 2.30. The number of hydrogen-bond donors (Lipinski definition) is 2. The van der Waals surface area contributed by atoms with Gasteiger partial charge >= 0.3 is 6.18 Å². The molecule has 0 aliphatic rings. The number of nitrogens with one attached hydrogen (secondary N) is 1. The van der Waals surface area contributed by atoms with Crippen LogP contribution in [0.2, 0.25) is 0 Å². The fourth-order valence-electron chi connectivity index (χ4n) is 1.56. The summed E-state index contributed by atoms with van der Waals surface area (Å²) >= 11 is 1.05. The summed E-state index contributed by atoms with van der Waals surface area (Å²) in [5.74, 6) is -0.531. The Labute approximate surface area is 126 Å². The van der Waals surface area contributed by atoms with Crippen molar-refractivity contribution in [1.82, 2.24) is 15.6 Å². The van der Waals surface area contributed by atoms with E-state index in [4.69, 9.17) is 5.73 Å². The predicted molar refractivity (Wildman–Crippen MR) is 75.2 cm³/mol. The Hall–Kier alpha value is -2.49. The minimum atomic E-state index is -4.49. The highest BCUT2D eigenvalue weighted by Gasteiger charge is 2.32. The lowest BCUT2D eigenvalue weighted by atomic mass is 10.1. The molecule has 10 heteroatoms. The fourth-order valence-corrected chi connectivity index (χ4v) is 2.16. The molecule has 0 atom stereocenters. The number of benzene rings is 1. The molecule has 2 aromatic rings. The van der Waals surface area contributed by atoms with Crippen LogP contribution in [0.1, 0.15) is 16.1 Å². The van der Waals surface area contributed by atoms with Crippen molar-refractivity contribution in [1.29, 1.82) is 0 Å². The standard InChI is InChI=1S/C12H10F3N5OS/c13-12(14,15)8-4-2-1-3-7(8)6-17-18-9(21)5-10-19-20-11(16)22-10/h1-4,6H,5H2,(H2,16,20)(H,18,21)/b17-6-. The second kappa shape index (κ2) is 6.52. The van der Waals surface area contributed by atoms with Gasteiger partial charge in [-0.25, -0.2) is 5.43 Å². The largest absolute Gasteiger partial charge is 0.417 e. The van der Waals surface area contributed by atoms with Crippen LogP contribution in [0.4, 0.5) is 18.3 Å². The van der Waals surface area contributed by atoms with Crippen LogP contribution in [0.15, 0.2) is 29.4 Å². The van der Waals surface area contributed by atoms with Crippen LogP contribution in [-0.2, 0) is 17.4 Å². The lowest BCUT2D eigenvalue weighted by Crippen LogP contribution is -2.20. The van der Waals surface area contributed by atoms with Crippen LogP contribution >= 0.6 is 11.3 Å². The summed E-state index contributed by atoms with van der Waals surface area (Å²) in [5.41, 5.74) is 6.52. The Kier molecular flexibility index (Phi) is 4.71. The summed E-state index contributed by atoms with van der Waals surface area (Å²) in [6.07, 6.45) is -3.65. The van der Waals surface area contributed by atoms with Gasteiger partial charge in [0, 0.05) is 5.56 Å². The first-order chi connectivity index (χ1) is 10.4. The molecule has 1 aromatic heterocycles. The number of alkyl halides is 3. The molecule has 2 rings (SSSR count). The highest BCUT2D eigenvalue weighted by molar-refractivity contribution is 7.15. The molecule has 0 saturated heterocycles. The maximum Gasteiger partial charge on any atom is 0.417 e. The number of nitrogen functional groups attached to an aromatic ring is 1. The number of aromatic nitrogens is 2. The van der Waals surface area contributed by atoms with E-state index in [-0.39, 0.29) is 17.1 Å². The van der Waals surface area contributed by atoms with Crippen molar-refractivity contribution in [3.8, 4) is 0 Å². The molecular formula is C12H10F3N5OS. The Morgan fingerprint density at radius 1 is 1.36 bits per heavy atom. The van der Waals surface area contributed by atoms with E-state index in [1.165, 1.54) is 18.2 Å². The summed E-state index contributed by atoms with van der Waals surface area (Å²) in [6.45, 7) is 0. The van der Waals surface area contributed by atoms with Crippen LogP contribution in [0.25, 0.3) is 0 Å². The summed E-state index contributed by atoms with van der Waals surface area (Å²) in [4.78, 5) is 11.5. The number of nitrogens with two attached hydrogens (primary N) is 1. The number of rotatable bonds is 4. The Bertz CT molecular complexity index is 698. The molecule has 0 aliphatic heterocycles. The Morgan fingerprint density at radius 2 is 2.09 bits per heavy atom. The molecule has 1 heterocycles. The van der Waals surface area contributed by atoms with Crippen LogP contribution in [-0.4, -0.2) is 22.3 Å². The molecule has 0 unspecified atom stereocenters. The molecular weight excluding hydrogens is 319 g/mol. The quantitative estimate of drug-likeness (QED) is 0.661. The number of halogens is 3. The average molecular weight is 329 g/mol. The van der Waals surface area contributed by atoms with Gasteiger partial charge in [0.25, 0.3) is 0 Å². The summed E-state index contributed by atoms with van der Waals surface area (Å²) in [7, 11) is 0. The second-order valence-corrected chi connectivity index (χ2v) is 5.18. The number of hydrazone groups is 1. The van der Waals surface area contributed by atoms with Crippen LogP contribution in [0.3, 0.4) is 0 Å². The molecule has 0 aliphatic carbocycles. The minimum Gasteiger partial charge on any atom is -0.374 e. The molecule has 0 fully saturated rings. The number of carbonyl (C=O) groups excluding carboxylic acids is 1. The SMILES string of the molecule is Nc1nnc(CC(=O)N/N=C\c2ccccc2C(F)(F)F)s1. The van der Waals surface area contributed by atoms with Gasteiger partial charge in [-0.2, -0.15) is 18.3 Å². The van der Waals surface area contributed by atoms with Gasteiger partial charge in [0.2, 0.25) is 11.0 Å². The number of nitrogens with zero attached hydrogens (tertiary/aromatic N) is 3. The van der Waals surface area contributed by atoms with E-state index in [0.717, 1.165) is 23.6 Å². The van der Waals surface area contributed by atoms with E-state index in [2.05, 4.69) is 20.7 Å². The molecule has 6 nitrogen and oxygen atoms in total. The van der Waals surface area contributed by atoms with Crippen molar-refractivity contribution >= 4 is 28.6 Å². The zero-order valence-corrected chi connectivity index (χ0v) is 11.8. The van der Waals surface area contributed by atoms with Gasteiger partial charge < -0.3 is 5.73 Å².